The molecule has 0 aliphatic carbocycles. The average molecular weight is 367 g/mol. The SMILES string of the molecule is OC(Cc1cccnc1Cl)(Cn1cncn1)c1ccc(Cl)cc1F. The summed E-state index contributed by atoms with van der Waals surface area (Å²) in [5, 5.41) is 15.7. The largest absolute Gasteiger partial charge is 0.383 e. The molecule has 0 spiro atoms. The first-order valence-corrected chi connectivity index (χ1v) is 7.83. The Bertz CT molecular complexity index is 844. The summed E-state index contributed by atoms with van der Waals surface area (Å²) < 4.78 is 15.9. The van der Waals surface area contributed by atoms with Crippen molar-refractivity contribution >= 4 is 23.2 Å². The van der Waals surface area contributed by atoms with Crippen molar-refractivity contribution in [3.05, 3.63) is 76.3 Å². The summed E-state index contributed by atoms with van der Waals surface area (Å²) in [6, 6.07) is 7.58. The molecule has 8 heteroatoms. The van der Waals surface area contributed by atoms with Gasteiger partial charge in [-0.15, -0.1) is 0 Å². The number of pyridine rings is 1. The highest BCUT2D eigenvalue weighted by Crippen LogP contribution is 2.32. The lowest BCUT2D eigenvalue weighted by Crippen LogP contribution is -2.35. The molecule has 24 heavy (non-hydrogen) atoms. The molecule has 0 radical (unpaired) electrons. The molecular formula is C16H13Cl2FN4O. The van der Waals surface area contributed by atoms with Gasteiger partial charge in [-0.05, 0) is 23.8 Å². The van der Waals surface area contributed by atoms with E-state index in [-0.39, 0.29) is 28.7 Å². The molecule has 1 N–H and O–H groups in total. The van der Waals surface area contributed by atoms with Gasteiger partial charge in [0.1, 0.15) is 29.2 Å². The third-order valence-corrected chi connectivity index (χ3v) is 4.22. The quantitative estimate of drug-likeness (QED) is 0.704. The van der Waals surface area contributed by atoms with E-state index in [0.29, 0.717) is 5.56 Å². The molecule has 0 amide bonds. The smallest absolute Gasteiger partial charge is 0.137 e. The van der Waals surface area contributed by atoms with Gasteiger partial charge in [-0.25, -0.2) is 19.0 Å². The van der Waals surface area contributed by atoms with Gasteiger partial charge in [-0.2, -0.15) is 5.10 Å². The topological polar surface area (TPSA) is 63.8 Å². The van der Waals surface area contributed by atoms with Crippen LogP contribution >= 0.6 is 23.2 Å². The number of aromatic nitrogens is 4. The molecular weight excluding hydrogens is 354 g/mol. The van der Waals surface area contributed by atoms with Crippen LogP contribution in [0.4, 0.5) is 4.39 Å². The zero-order valence-electron chi connectivity index (χ0n) is 12.4. The van der Waals surface area contributed by atoms with Crippen LogP contribution in [0.2, 0.25) is 10.2 Å². The Labute approximate surface area is 147 Å². The van der Waals surface area contributed by atoms with E-state index >= 15 is 0 Å². The van der Waals surface area contributed by atoms with E-state index in [1.165, 1.54) is 29.5 Å². The number of nitrogens with zero attached hydrogens (tertiary/aromatic N) is 4. The van der Waals surface area contributed by atoms with E-state index < -0.39 is 11.4 Å². The lowest BCUT2D eigenvalue weighted by Gasteiger charge is -2.29. The molecule has 5 nitrogen and oxygen atoms in total. The number of aliphatic hydroxyl groups is 1. The molecule has 0 aliphatic heterocycles. The lowest BCUT2D eigenvalue weighted by atomic mass is 9.87. The maximum Gasteiger partial charge on any atom is 0.137 e. The van der Waals surface area contributed by atoms with Crippen molar-refractivity contribution in [2.75, 3.05) is 0 Å². The first-order chi connectivity index (χ1) is 11.5. The second-order valence-electron chi connectivity index (χ2n) is 5.38. The second-order valence-corrected chi connectivity index (χ2v) is 6.17. The third-order valence-electron chi connectivity index (χ3n) is 3.64. The van der Waals surface area contributed by atoms with Crippen LogP contribution in [0.5, 0.6) is 0 Å². The standard InChI is InChI=1S/C16H13Cl2FN4O/c17-12-3-4-13(14(19)6-12)16(24,8-23-10-20-9-22-23)7-11-2-1-5-21-15(11)18/h1-6,9-10,24H,7-8H2. The number of benzene rings is 1. The van der Waals surface area contributed by atoms with E-state index in [1.807, 2.05) is 0 Å². The Morgan fingerprint density at radius 3 is 2.75 bits per heavy atom. The van der Waals surface area contributed by atoms with Gasteiger partial charge in [-0.3, -0.25) is 0 Å². The van der Waals surface area contributed by atoms with Crippen LogP contribution in [0.25, 0.3) is 0 Å². The summed E-state index contributed by atoms with van der Waals surface area (Å²) in [5.74, 6) is -0.606. The minimum absolute atomic E-state index is 0.00320. The van der Waals surface area contributed by atoms with E-state index in [1.54, 1.807) is 18.3 Å². The van der Waals surface area contributed by atoms with Crippen molar-refractivity contribution in [3.8, 4) is 0 Å². The number of halogens is 3. The van der Waals surface area contributed by atoms with Crippen LogP contribution in [0, 0.1) is 5.82 Å². The fourth-order valence-corrected chi connectivity index (χ4v) is 2.90. The third kappa shape index (κ3) is 3.56. The van der Waals surface area contributed by atoms with Crippen LogP contribution in [-0.4, -0.2) is 24.9 Å². The van der Waals surface area contributed by atoms with E-state index in [9.17, 15) is 9.50 Å². The minimum Gasteiger partial charge on any atom is -0.383 e. The molecule has 0 bridgehead atoms. The van der Waals surface area contributed by atoms with Gasteiger partial charge in [0.2, 0.25) is 0 Å². The second kappa shape index (κ2) is 6.84. The molecule has 0 fully saturated rings. The summed E-state index contributed by atoms with van der Waals surface area (Å²) in [4.78, 5) is 7.84. The highest BCUT2D eigenvalue weighted by molar-refractivity contribution is 6.30. The number of hydrogen-bond donors (Lipinski definition) is 1. The Kier molecular flexibility index (Phi) is 4.80. The van der Waals surface area contributed by atoms with Crippen LogP contribution < -0.4 is 0 Å². The molecule has 124 valence electrons. The van der Waals surface area contributed by atoms with Crippen molar-refractivity contribution in [3.63, 3.8) is 0 Å². The summed E-state index contributed by atoms with van der Waals surface area (Å²) in [5.41, 5.74) is -0.909. The zero-order valence-corrected chi connectivity index (χ0v) is 13.9. The predicted octanol–water partition coefficient (Wildman–Crippen LogP) is 3.25. The number of hydrogen-bond acceptors (Lipinski definition) is 4. The lowest BCUT2D eigenvalue weighted by molar-refractivity contribution is 0.0117. The van der Waals surface area contributed by atoms with Crippen molar-refractivity contribution < 1.29 is 9.50 Å². The van der Waals surface area contributed by atoms with Gasteiger partial charge in [0, 0.05) is 23.2 Å². The minimum atomic E-state index is -1.60. The Hall–Kier alpha value is -2.02. The van der Waals surface area contributed by atoms with Gasteiger partial charge in [-0.1, -0.05) is 35.3 Å². The van der Waals surface area contributed by atoms with Crippen LogP contribution in [-0.2, 0) is 18.6 Å². The Morgan fingerprint density at radius 1 is 1.25 bits per heavy atom. The van der Waals surface area contributed by atoms with Crippen LogP contribution in [0.3, 0.4) is 0 Å². The first-order valence-electron chi connectivity index (χ1n) is 7.08. The normalized spacial score (nSPS) is 13.7. The first kappa shape index (κ1) is 16.8. The summed E-state index contributed by atoms with van der Waals surface area (Å²) in [7, 11) is 0. The molecule has 1 unspecified atom stereocenters. The molecule has 2 heterocycles. The molecule has 3 aromatic rings. The Morgan fingerprint density at radius 2 is 2.08 bits per heavy atom. The van der Waals surface area contributed by atoms with Crippen molar-refractivity contribution in [2.45, 2.75) is 18.6 Å². The van der Waals surface area contributed by atoms with Gasteiger partial charge < -0.3 is 5.11 Å². The molecule has 0 saturated heterocycles. The molecule has 1 aromatic carbocycles. The fourth-order valence-electron chi connectivity index (χ4n) is 2.55. The maximum absolute atomic E-state index is 14.4. The molecule has 2 aromatic heterocycles. The van der Waals surface area contributed by atoms with Crippen molar-refractivity contribution in [1.29, 1.82) is 0 Å². The van der Waals surface area contributed by atoms with Gasteiger partial charge in [0.15, 0.2) is 0 Å². The highest BCUT2D eigenvalue weighted by atomic mass is 35.5. The van der Waals surface area contributed by atoms with Crippen molar-refractivity contribution in [2.24, 2.45) is 0 Å². The summed E-state index contributed by atoms with van der Waals surface area (Å²) >= 11 is 11.9. The Balaban J connectivity index is 2.04. The van der Waals surface area contributed by atoms with Crippen LogP contribution in [0.15, 0.2) is 49.2 Å². The maximum atomic E-state index is 14.4. The van der Waals surface area contributed by atoms with E-state index in [0.717, 1.165) is 6.07 Å². The fraction of sp³-hybridized carbons (Fsp3) is 0.188. The molecule has 0 aliphatic rings. The van der Waals surface area contributed by atoms with Crippen LogP contribution in [0.1, 0.15) is 11.1 Å². The summed E-state index contributed by atoms with van der Waals surface area (Å²) in [6.45, 7) is -0.00320. The monoisotopic (exact) mass is 366 g/mol. The highest BCUT2D eigenvalue weighted by Gasteiger charge is 2.34. The van der Waals surface area contributed by atoms with E-state index in [4.69, 9.17) is 23.2 Å². The molecule has 1 atom stereocenters. The van der Waals surface area contributed by atoms with Gasteiger partial charge >= 0.3 is 0 Å². The summed E-state index contributed by atoms with van der Waals surface area (Å²) in [6.07, 6.45) is 4.39. The molecule has 3 rings (SSSR count). The van der Waals surface area contributed by atoms with Crippen molar-refractivity contribution in [1.82, 2.24) is 19.7 Å². The van der Waals surface area contributed by atoms with Gasteiger partial charge in [0.25, 0.3) is 0 Å². The number of rotatable bonds is 5. The zero-order chi connectivity index (χ0) is 17.2. The van der Waals surface area contributed by atoms with E-state index in [2.05, 4.69) is 15.1 Å². The average Bonchev–Trinajstić information content (AvgIpc) is 3.02. The predicted molar refractivity (Wildman–Crippen MR) is 88.3 cm³/mol. The molecule has 0 saturated carbocycles. The van der Waals surface area contributed by atoms with Gasteiger partial charge in [0.05, 0.1) is 6.54 Å².